The molecule has 0 bridgehead atoms. The third-order valence-corrected chi connectivity index (χ3v) is 5.16. The van der Waals surface area contributed by atoms with E-state index in [1.165, 1.54) is 11.4 Å². The first-order chi connectivity index (χ1) is 10.5. The highest BCUT2D eigenvalue weighted by atomic mass is 32.2. The Kier molecular flexibility index (Phi) is 5.05. The zero-order valence-corrected chi connectivity index (χ0v) is 13.6. The monoisotopic (exact) mass is 321 g/mol. The van der Waals surface area contributed by atoms with Crippen LogP contribution in [0.25, 0.3) is 0 Å². The van der Waals surface area contributed by atoms with Crippen LogP contribution in [0.2, 0.25) is 0 Å². The minimum atomic E-state index is -3.62. The van der Waals surface area contributed by atoms with Crippen molar-refractivity contribution in [1.82, 2.24) is 4.31 Å². The van der Waals surface area contributed by atoms with Gasteiger partial charge in [-0.15, -0.1) is 0 Å². The highest BCUT2D eigenvalue weighted by Gasteiger charge is 2.24. The molecule has 0 unspecified atom stereocenters. The third-order valence-electron chi connectivity index (χ3n) is 3.32. The summed E-state index contributed by atoms with van der Waals surface area (Å²) in [5, 5.41) is 0. The predicted octanol–water partition coefficient (Wildman–Crippen LogP) is 2.52. The van der Waals surface area contributed by atoms with E-state index in [2.05, 4.69) is 0 Å². The summed E-state index contributed by atoms with van der Waals surface area (Å²) in [4.78, 5) is 0.161. The normalized spacial score (nSPS) is 11.5. The number of para-hydroxylation sites is 1. The van der Waals surface area contributed by atoms with E-state index in [-0.39, 0.29) is 11.4 Å². The molecule has 0 N–H and O–H groups in total. The van der Waals surface area contributed by atoms with Gasteiger partial charge in [0.2, 0.25) is 10.0 Å². The topological polar surface area (TPSA) is 55.8 Å². The van der Waals surface area contributed by atoms with Crippen molar-refractivity contribution in [2.75, 3.05) is 21.3 Å². The van der Waals surface area contributed by atoms with Gasteiger partial charge in [-0.25, -0.2) is 8.42 Å². The van der Waals surface area contributed by atoms with E-state index in [9.17, 15) is 8.42 Å². The van der Waals surface area contributed by atoms with Gasteiger partial charge in [0.1, 0.15) is 16.4 Å². The number of ether oxygens (including phenoxy) is 2. The van der Waals surface area contributed by atoms with Crippen LogP contribution in [0.5, 0.6) is 11.5 Å². The number of sulfonamides is 1. The van der Waals surface area contributed by atoms with Gasteiger partial charge < -0.3 is 9.47 Å². The zero-order valence-electron chi connectivity index (χ0n) is 12.8. The molecule has 0 aliphatic heterocycles. The summed E-state index contributed by atoms with van der Waals surface area (Å²) < 4.78 is 36.9. The van der Waals surface area contributed by atoms with Crippen LogP contribution in [0, 0.1) is 0 Å². The Morgan fingerprint density at radius 3 is 2.18 bits per heavy atom. The SMILES string of the molecule is COc1ccc(CN(C)S(=O)(=O)c2ccccc2OC)cc1. The first-order valence-electron chi connectivity index (χ1n) is 6.71. The zero-order chi connectivity index (χ0) is 16.2. The summed E-state index contributed by atoms with van der Waals surface area (Å²) in [7, 11) is 0.976. The number of rotatable bonds is 6. The molecule has 2 aromatic carbocycles. The van der Waals surface area contributed by atoms with Crippen molar-refractivity contribution in [3.05, 3.63) is 54.1 Å². The van der Waals surface area contributed by atoms with Gasteiger partial charge in [0, 0.05) is 13.6 Å². The largest absolute Gasteiger partial charge is 0.497 e. The Balaban J connectivity index is 2.24. The molecule has 0 spiro atoms. The van der Waals surface area contributed by atoms with Crippen molar-refractivity contribution in [3.63, 3.8) is 0 Å². The molecule has 5 nitrogen and oxygen atoms in total. The maximum atomic E-state index is 12.7. The Hall–Kier alpha value is -2.05. The molecule has 0 saturated heterocycles. The van der Waals surface area contributed by atoms with Gasteiger partial charge in [-0.3, -0.25) is 0 Å². The van der Waals surface area contributed by atoms with Crippen molar-refractivity contribution in [2.45, 2.75) is 11.4 Å². The number of hydrogen-bond donors (Lipinski definition) is 0. The molecule has 0 fully saturated rings. The van der Waals surface area contributed by atoms with Gasteiger partial charge in [-0.1, -0.05) is 24.3 Å². The second-order valence-electron chi connectivity index (χ2n) is 4.76. The molecule has 0 aliphatic rings. The van der Waals surface area contributed by atoms with E-state index in [1.807, 2.05) is 12.1 Å². The molecule has 0 atom stereocenters. The lowest BCUT2D eigenvalue weighted by Crippen LogP contribution is -2.26. The van der Waals surface area contributed by atoms with Gasteiger partial charge in [-0.05, 0) is 29.8 Å². The molecule has 0 saturated carbocycles. The molecule has 0 heterocycles. The standard InChI is InChI=1S/C16H19NO4S/c1-17(12-13-8-10-14(20-2)11-9-13)22(18,19)16-7-5-4-6-15(16)21-3/h4-11H,12H2,1-3H3. The summed E-state index contributed by atoms with van der Waals surface area (Å²) in [5.74, 6) is 1.07. The summed E-state index contributed by atoms with van der Waals surface area (Å²) in [6, 6.07) is 13.9. The maximum Gasteiger partial charge on any atom is 0.246 e. The second-order valence-corrected chi connectivity index (χ2v) is 6.77. The lowest BCUT2D eigenvalue weighted by Gasteiger charge is -2.19. The van der Waals surface area contributed by atoms with Crippen LogP contribution >= 0.6 is 0 Å². The molecule has 22 heavy (non-hydrogen) atoms. The lowest BCUT2D eigenvalue weighted by atomic mass is 10.2. The number of hydrogen-bond acceptors (Lipinski definition) is 4. The summed E-state index contributed by atoms with van der Waals surface area (Å²) in [6.07, 6.45) is 0. The van der Waals surface area contributed by atoms with Crippen molar-refractivity contribution in [2.24, 2.45) is 0 Å². The van der Waals surface area contributed by atoms with Gasteiger partial charge >= 0.3 is 0 Å². The van der Waals surface area contributed by atoms with Crippen LogP contribution in [0.1, 0.15) is 5.56 Å². The summed E-state index contributed by atoms with van der Waals surface area (Å²) in [5.41, 5.74) is 0.877. The molecular formula is C16H19NO4S. The van der Waals surface area contributed by atoms with Crippen LogP contribution in [-0.4, -0.2) is 34.0 Å². The Morgan fingerprint density at radius 2 is 1.59 bits per heavy atom. The quantitative estimate of drug-likeness (QED) is 0.820. The molecule has 6 heteroatoms. The first kappa shape index (κ1) is 16.3. The molecule has 0 aliphatic carbocycles. The van der Waals surface area contributed by atoms with Gasteiger partial charge in [-0.2, -0.15) is 4.31 Å². The smallest absolute Gasteiger partial charge is 0.246 e. The molecule has 0 aromatic heterocycles. The minimum Gasteiger partial charge on any atom is -0.497 e. The predicted molar refractivity (Wildman–Crippen MR) is 84.6 cm³/mol. The van der Waals surface area contributed by atoms with Crippen molar-refractivity contribution in [3.8, 4) is 11.5 Å². The first-order valence-corrected chi connectivity index (χ1v) is 8.15. The molecule has 2 aromatic rings. The minimum absolute atomic E-state index is 0.161. The molecular weight excluding hydrogens is 302 g/mol. The van der Waals surface area contributed by atoms with E-state index < -0.39 is 10.0 Å². The highest BCUT2D eigenvalue weighted by molar-refractivity contribution is 7.89. The Labute approximate surface area is 131 Å². The maximum absolute atomic E-state index is 12.7. The summed E-state index contributed by atoms with van der Waals surface area (Å²) >= 11 is 0. The van der Waals surface area contributed by atoms with Crippen molar-refractivity contribution < 1.29 is 17.9 Å². The van der Waals surface area contributed by atoms with Crippen molar-refractivity contribution >= 4 is 10.0 Å². The van der Waals surface area contributed by atoms with Crippen LogP contribution in [0.15, 0.2) is 53.4 Å². The Bertz CT molecular complexity index is 726. The Morgan fingerprint density at radius 1 is 0.955 bits per heavy atom. The van der Waals surface area contributed by atoms with Crippen LogP contribution in [0.4, 0.5) is 0 Å². The van der Waals surface area contributed by atoms with E-state index in [0.717, 1.165) is 11.3 Å². The van der Waals surface area contributed by atoms with E-state index >= 15 is 0 Å². The van der Waals surface area contributed by atoms with E-state index in [4.69, 9.17) is 9.47 Å². The molecule has 118 valence electrons. The van der Waals surface area contributed by atoms with Gasteiger partial charge in [0.15, 0.2) is 0 Å². The average Bonchev–Trinajstić information content (AvgIpc) is 2.55. The van der Waals surface area contributed by atoms with E-state index in [1.54, 1.807) is 50.6 Å². The number of methoxy groups -OCH3 is 2. The number of benzene rings is 2. The summed E-state index contributed by atoms with van der Waals surface area (Å²) in [6.45, 7) is 0.268. The second kappa shape index (κ2) is 6.81. The van der Waals surface area contributed by atoms with Crippen LogP contribution in [-0.2, 0) is 16.6 Å². The highest BCUT2D eigenvalue weighted by Crippen LogP contribution is 2.26. The van der Waals surface area contributed by atoms with Gasteiger partial charge in [0.05, 0.1) is 14.2 Å². The fraction of sp³-hybridized carbons (Fsp3) is 0.250. The average molecular weight is 321 g/mol. The van der Waals surface area contributed by atoms with Gasteiger partial charge in [0.25, 0.3) is 0 Å². The van der Waals surface area contributed by atoms with Crippen molar-refractivity contribution in [1.29, 1.82) is 0 Å². The third kappa shape index (κ3) is 3.40. The fourth-order valence-electron chi connectivity index (χ4n) is 2.07. The molecule has 0 amide bonds. The molecule has 2 rings (SSSR count). The fourth-order valence-corrected chi connectivity index (χ4v) is 3.38. The lowest BCUT2D eigenvalue weighted by molar-refractivity contribution is 0.397. The molecule has 0 radical (unpaired) electrons. The van der Waals surface area contributed by atoms with Crippen LogP contribution in [0.3, 0.4) is 0 Å². The number of nitrogens with zero attached hydrogens (tertiary/aromatic N) is 1. The van der Waals surface area contributed by atoms with E-state index in [0.29, 0.717) is 5.75 Å². The van der Waals surface area contributed by atoms with Crippen LogP contribution < -0.4 is 9.47 Å².